The van der Waals surface area contributed by atoms with E-state index in [9.17, 15) is 8.42 Å². The molecule has 0 bridgehead atoms. The third-order valence-corrected chi connectivity index (χ3v) is 3.19. The molecule has 1 aliphatic rings. The van der Waals surface area contributed by atoms with Crippen molar-refractivity contribution in [3.8, 4) is 0 Å². The molecule has 0 amide bonds. The van der Waals surface area contributed by atoms with Crippen molar-refractivity contribution in [2.45, 2.75) is 32.0 Å². The van der Waals surface area contributed by atoms with Crippen LogP contribution in [0.4, 0.5) is 0 Å². The standard InChI is InChI=1S/C9H15N3O4S/c1-6-11-9(16-12-6)8-4-3-7(15-8)5-10-17(2,13)14/h7-8,10H,3-5H2,1-2H3/t7-,8-/m1/s1. The number of sulfonamides is 1. The van der Waals surface area contributed by atoms with Crippen LogP contribution >= 0.6 is 0 Å². The second kappa shape index (κ2) is 4.71. The number of aryl methyl sites for hydroxylation is 1. The van der Waals surface area contributed by atoms with Crippen LogP contribution < -0.4 is 4.72 Å². The van der Waals surface area contributed by atoms with Crippen LogP contribution in [0.25, 0.3) is 0 Å². The van der Waals surface area contributed by atoms with Crippen LogP contribution in [-0.4, -0.2) is 37.5 Å². The second-order valence-corrected chi connectivity index (χ2v) is 5.96. The largest absolute Gasteiger partial charge is 0.364 e. The summed E-state index contributed by atoms with van der Waals surface area (Å²) in [5.41, 5.74) is 0. The number of aromatic nitrogens is 2. The molecule has 1 aliphatic heterocycles. The molecule has 0 unspecified atom stereocenters. The van der Waals surface area contributed by atoms with Gasteiger partial charge in [0.15, 0.2) is 5.82 Å². The fourth-order valence-electron chi connectivity index (χ4n) is 1.73. The molecule has 1 aromatic heterocycles. The molecule has 7 nitrogen and oxygen atoms in total. The molecule has 2 heterocycles. The van der Waals surface area contributed by atoms with Gasteiger partial charge in [-0.1, -0.05) is 5.16 Å². The summed E-state index contributed by atoms with van der Waals surface area (Å²) in [6, 6.07) is 0. The first-order chi connectivity index (χ1) is 7.94. The van der Waals surface area contributed by atoms with Gasteiger partial charge in [0.05, 0.1) is 12.4 Å². The van der Waals surface area contributed by atoms with E-state index in [1.165, 1.54) is 0 Å². The molecule has 0 aliphatic carbocycles. The van der Waals surface area contributed by atoms with Crippen molar-refractivity contribution in [3.63, 3.8) is 0 Å². The van der Waals surface area contributed by atoms with Crippen molar-refractivity contribution in [2.75, 3.05) is 12.8 Å². The fourth-order valence-corrected chi connectivity index (χ4v) is 2.21. The van der Waals surface area contributed by atoms with Crippen LogP contribution in [0.2, 0.25) is 0 Å². The molecular weight excluding hydrogens is 246 g/mol. The molecule has 8 heteroatoms. The quantitative estimate of drug-likeness (QED) is 0.829. The third kappa shape index (κ3) is 3.48. The van der Waals surface area contributed by atoms with Crippen molar-refractivity contribution in [2.24, 2.45) is 0 Å². The first kappa shape index (κ1) is 12.5. The Morgan fingerprint density at radius 1 is 1.47 bits per heavy atom. The van der Waals surface area contributed by atoms with Crippen LogP contribution in [0.3, 0.4) is 0 Å². The Morgan fingerprint density at radius 3 is 2.82 bits per heavy atom. The SMILES string of the molecule is Cc1noc([C@H]2CC[C@H](CNS(C)(=O)=O)O2)n1. The van der Waals surface area contributed by atoms with Crippen LogP contribution in [0, 0.1) is 6.92 Å². The average Bonchev–Trinajstić information content (AvgIpc) is 2.81. The van der Waals surface area contributed by atoms with Crippen LogP contribution in [-0.2, 0) is 14.8 Å². The van der Waals surface area contributed by atoms with E-state index in [-0.39, 0.29) is 18.8 Å². The number of hydrogen-bond donors (Lipinski definition) is 1. The minimum atomic E-state index is -3.17. The highest BCUT2D eigenvalue weighted by Crippen LogP contribution is 2.31. The van der Waals surface area contributed by atoms with Gasteiger partial charge in [0.1, 0.15) is 6.10 Å². The lowest BCUT2D eigenvalue weighted by Crippen LogP contribution is -2.30. The van der Waals surface area contributed by atoms with Gasteiger partial charge in [-0.2, -0.15) is 4.98 Å². The van der Waals surface area contributed by atoms with Crippen LogP contribution in [0.1, 0.15) is 30.7 Å². The molecule has 2 rings (SSSR count). The number of hydrogen-bond acceptors (Lipinski definition) is 6. The Hall–Kier alpha value is -0.990. The van der Waals surface area contributed by atoms with Crippen molar-refractivity contribution >= 4 is 10.0 Å². The average molecular weight is 261 g/mol. The van der Waals surface area contributed by atoms with Crippen molar-refractivity contribution in [1.29, 1.82) is 0 Å². The summed E-state index contributed by atoms with van der Waals surface area (Å²) in [7, 11) is -3.17. The summed E-state index contributed by atoms with van der Waals surface area (Å²) in [6.45, 7) is 2.02. The van der Waals surface area contributed by atoms with E-state index >= 15 is 0 Å². The lowest BCUT2D eigenvalue weighted by atomic mass is 10.2. The Morgan fingerprint density at radius 2 is 2.24 bits per heavy atom. The zero-order valence-corrected chi connectivity index (χ0v) is 10.5. The van der Waals surface area contributed by atoms with Gasteiger partial charge < -0.3 is 9.26 Å². The van der Waals surface area contributed by atoms with Gasteiger partial charge in [-0.05, 0) is 19.8 Å². The van der Waals surface area contributed by atoms with Crippen molar-refractivity contribution in [1.82, 2.24) is 14.9 Å². The Kier molecular flexibility index (Phi) is 3.45. The summed E-state index contributed by atoms with van der Waals surface area (Å²) in [5, 5.41) is 3.69. The van der Waals surface area contributed by atoms with Gasteiger partial charge in [-0.25, -0.2) is 13.1 Å². The van der Waals surface area contributed by atoms with Crippen molar-refractivity contribution in [3.05, 3.63) is 11.7 Å². The zero-order valence-electron chi connectivity index (χ0n) is 9.71. The van der Waals surface area contributed by atoms with Gasteiger partial charge in [0, 0.05) is 6.54 Å². The normalized spacial score (nSPS) is 25.3. The zero-order chi connectivity index (χ0) is 12.5. The first-order valence-corrected chi connectivity index (χ1v) is 7.23. The van der Waals surface area contributed by atoms with Gasteiger partial charge in [0.25, 0.3) is 5.89 Å². The molecule has 0 radical (unpaired) electrons. The number of ether oxygens (including phenoxy) is 1. The predicted octanol–water partition coefficient (Wildman–Crippen LogP) is 0.147. The Labute approximate surface area is 99.6 Å². The molecule has 1 fully saturated rings. The lowest BCUT2D eigenvalue weighted by Gasteiger charge is -2.11. The summed E-state index contributed by atoms with van der Waals surface area (Å²) in [6.07, 6.45) is 2.30. The molecule has 2 atom stereocenters. The Balaban J connectivity index is 1.87. The first-order valence-electron chi connectivity index (χ1n) is 5.34. The molecule has 96 valence electrons. The second-order valence-electron chi connectivity index (χ2n) is 4.12. The van der Waals surface area contributed by atoms with E-state index in [1.54, 1.807) is 6.92 Å². The predicted molar refractivity (Wildman–Crippen MR) is 58.7 cm³/mol. The van der Waals surface area contributed by atoms with E-state index in [0.29, 0.717) is 11.7 Å². The van der Waals surface area contributed by atoms with Gasteiger partial charge >= 0.3 is 0 Å². The maximum Gasteiger partial charge on any atom is 0.255 e. The molecule has 0 saturated carbocycles. The van der Waals surface area contributed by atoms with E-state index in [1.807, 2.05) is 0 Å². The minimum absolute atomic E-state index is 0.137. The molecule has 1 N–H and O–H groups in total. The van der Waals surface area contributed by atoms with E-state index in [2.05, 4.69) is 14.9 Å². The smallest absolute Gasteiger partial charge is 0.255 e. The summed E-state index contributed by atoms with van der Waals surface area (Å²) < 4.78 is 34.9. The van der Waals surface area contributed by atoms with Crippen LogP contribution in [0.5, 0.6) is 0 Å². The highest BCUT2D eigenvalue weighted by molar-refractivity contribution is 7.88. The third-order valence-electron chi connectivity index (χ3n) is 2.50. The highest BCUT2D eigenvalue weighted by Gasteiger charge is 2.30. The summed E-state index contributed by atoms with van der Waals surface area (Å²) in [5.74, 6) is 1.03. The molecule has 1 saturated heterocycles. The van der Waals surface area contributed by atoms with Gasteiger partial charge in [0.2, 0.25) is 10.0 Å². The number of nitrogens with zero attached hydrogens (tertiary/aromatic N) is 2. The van der Waals surface area contributed by atoms with Gasteiger partial charge in [-0.15, -0.1) is 0 Å². The highest BCUT2D eigenvalue weighted by atomic mass is 32.2. The maximum atomic E-state index is 10.9. The molecule has 1 aromatic rings. The molecule has 17 heavy (non-hydrogen) atoms. The lowest BCUT2D eigenvalue weighted by molar-refractivity contribution is 0.0290. The maximum absolute atomic E-state index is 10.9. The molecule has 0 aromatic carbocycles. The number of rotatable bonds is 4. The minimum Gasteiger partial charge on any atom is -0.364 e. The topological polar surface area (TPSA) is 94.3 Å². The van der Waals surface area contributed by atoms with Crippen LogP contribution in [0.15, 0.2) is 4.52 Å². The van der Waals surface area contributed by atoms with E-state index in [4.69, 9.17) is 9.26 Å². The number of nitrogens with one attached hydrogen (secondary N) is 1. The monoisotopic (exact) mass is 261 g/mol. The Bertz CT molecular complexity index is 484. The summed E-state index contributed by atoms with van der Waals surface area (Å²) >= 11 is 0. The summed E-state index contributed by atoms with van der Waals surface area (Å²) in [4.78, 5) is 4.09. The van der Waals surface area contributed by atoms with Crippen molar-refractivity contribution < 1.29 is 17.7 Å². The molecular formula is C9H15N3O4S. The van der Waals surface area contributed by atoms with Gasteiger partial charge in [-0.3, -0.25) is 0 Å². The fraction of sp³-hybridized carbons (Fsp3) is 0.778. The van der Waals surface area contributed by atoms with E-state index < -0.39 is 10.0 Å². The van der Waals surface area contributed by atoms with E-state index in [0.717, 1.165) is 19.1 Å². The molecule has 0 spiro atoms.